The Balaban J connectivity index is 2.11. The Bertz CT molecular complexity index is 1110. The summed E-state index contributed by atoms with van der Waals surface area (Å²) in [6.45, 7) is 11.9. The molecule has 1 heterocycles. The first kappa shape index (κ1) is 26.5. The van der Waals surface area contributed by atoms with Crippen LogP contribution in [0, 0.1) is 6.92 Å². The van der Waals surface area contributed by atoms with Crippen molar-refractivity contribution in [3.8, 4) is 5.75 Å². The number of ether oxygens (including phenoxy) is 1. The first-order valence-electron chi connectivity index (χ1n) is 12.2. The quantitative estimate of drug-likeness (QED) is 0.326. The Morgan fingerprint density at radius 2 is 1.74 bits per heavy atom. The van der Waals surface area contributed by atoms with Crippen LogP contribution in [0.1, 0.15) is 62.4 Å². The van der Waals surface area contributed by atoms with E-state index in [1.807, 2.05) is 63.2 Å². The first-order valence-corrected chi connectivity index (χ1v) is 12.2. The summed E-state index contributed by atoms with van der Waals surface area (Å²) < 4.78 is 5.56. The number of hydrogen-bond acceptors (Lipinski definition) is 5. The van der Waals surface area contributed by atoms with Crippen LogP contribution in [0.2, 0.25) is 0 Å². The molecule has 3 rings (SSSR count). The molecule has 0 aliphatic carbocycles. The second kappa shape index (κ2) is 10.6. The number of hydrogen-bond donors (Lipinski definition) is 1. The number of aliphatic hydroxyl groups excluding tert-OH is 1. The Morgan fingerprint density at radius 1 is 1.09 bits per heavy atom. The lowest BCUT2D eigenvalue weighted by Crippen LogP contribution is -2.32. The van der Waals surface area contributed by atoms with Crippen molar-refractivity contribution in [2.75, 3.05) is 33.8 Å². The number of Topliss-reactive ketones (excluding diaryl/α,β-unsaturated/α-hetero) is 1. The second-order valence-electron chi connectivity index (χ2n) is 10.4. The van der Waals surface area contributed by atoms with Gasteiger partial charge in [0.25, 0.3) is 11.7 Å². The zero-order valence-corrected chi connectivity index (χ0v) is 22.0. The fourth-order valence-corrected chi connectivity index (χ4v) is 4.48. The van der Waals surface area contributed by atoms with Crippen molar-refractivity contribution in [3.63, 3.8) is 0 Å². The van der Waals surface area contributed by atoms with Crippen molar-refractivity contribution in [2.45, 2.75) is 52.5 Å². The van der Waals surface area contributed by atoms with Crippen LogP contribution in [-0.2, 0) is 15.0 Å². The Hall–Kier alpha value is -3.12. The molecule has 0 unspecified atom stereocenters. The van der Waals surface area contributed by atoms with Gasteiger partial charge in [-0.15, -0.1) is 0 Å². The highest BCUT2D eigenvalue weighted by Crippen LogP contribution is 2.40. The summed E-state index contributed by atoms with van der Waals surface area (Å²) in [4.78, 5) is 30.1. The van der Waals surface area contributed by atoms with Gasteiger partial charge in [-0.3, -0.25) is 9.59 Å². The van der Waals surface area contributed by atoms with Gasteiger partial charge in [0.05, 0.1) is 18.2 Å². The van der Waals surface area contributed by atoms with Crippen molar-refractivity contribution in [2.24, 2.45) is 0 Å². The van der Waals surface area contributed by atoms with E-state index in [2.05, 4.69) is 20.8 Å². The number of amides is 1. The third-order valence-corrected chi connectivity index (χ3v) is 6.40. The van der Waals surface area contributed by atoms with Crippen molar-refractivity contribution in [1.82, 2.24) is 9.80 Å². The van der Waals surface area contributed by atoms with E-state index in [0.717, 1.165) is 29.7 Å². The van der Waals surface area contributed by atoms with Crippen molar-refractivity contribution < 1.29 is 19.4 Å². The molecule has 0 saturated carbocycles. The fourth-order valence-electron chi connectivity index (χ4n) is 4.48. The second-order valence-corrected chi connectivity index (χ2v) is 10.4. The molecule has 6 heteroatoms. The van der Waals surface area contributed by atoms with Gasteiger partial charge in [0, 0.05) is 12.1 Å². The number of rotatable bonds is 8. The zero-order chi connectivity index (χ0) is 25.9. The largest absolute Gasteiger partial charge is 0.507 e. The lowest BCUT2D eigenvalue weighted by Gasteiger charge is -2.27. The number of ketones is 1. The molecule has 0 radical (unpaired) electrons. The van der Waals surface area contributed by atoms with E-state index >= 15 is 0 Å². The molecule has 35 heavy (non-hydrogen) atoms. The van der Waals surface area contributed by atoms with E-state index < -0.39 is 17.7 Å². The van der Waals surface area contributed by atoms with Gasteiger partial charge in [-0.05, 0) is 81.2 Å². The Morgan fingerprint density at radius 3 is 2.29 bits per heavy atom. The molecule has 188 valence electrons. The van der Waals surface area contributed by atoms with Crippen LogP contribution < -0.4 is 4.74 Å². The maximum absolute atomic E-state index is 13.3. The summed E-state index contributed by atoms with van der Waals surface area (Å²) in [5, 5.41) is 11.4. The predicted molar refractivity (Wildman–Crippen MR) is 140 cm³/mol. The number of carbonyl (C=O) groups excluding carboxylic acids is 2. The van der Waals surface area contributed by atoms with Gasteiger partial charge in [-0.25, -0.2) is 0 Å². The maximum Gasteiger partial charge on any atom is 0.295 e. The minimum absolute atomic E-state index is 0.0224. The van der Waals surface area contributed by atoms with E-state index in [-0.39, 0.29) is 16.7 Å². The summed E-state index contributed by atoms with van der Waals surface area (Å²) in [6.07, 6.45) is 0.721. The molecule has 1 aliphatic heterocycles. The normalized spacial score (nSPS) is 17.9. The van der Waals surface area contributed by atoms with Crippen molar-refractivity contribution in [1.29, 1.82) is 0 Å². The lowest BCUT2D eigenvalue weighted by molar-refractivity contribution is -0.139. The van der Waals surface area contributed by atoms with Gasteiger partial charge in [-0.2, -0.15) is 0 Å². The summed E-state index contributed by atoms with van der Waals surface area (Å²) in [5.41, 5.74) is 3.38. The average Bonchev–Trinajstić information content (AvgIpc) is 3.03. The molecule has 2 aromatic rings. The van der Waals surface area contributed by atoms with E-state index in [1.54, 1.807) is 17.0 Å². The smallest absolute Gasteiger partial charge is 0.295 e. The maximum atomic E-state index is 13.3. The monoisotopic (exact) mass is 478 g/mol. The van der Waals surface area contributed by atoms with Gasteiger partial charge < -0.3 is 19.6 Å². The third kappa shape index (κ3) is 5.76. The van der Waals surface area contributed by atoms with Gasteiger partial charge >= 0.3 is 0 Å². The number of benzene rings is 2. The minimum Gasteiger partial charge on any atom is -0.507 e. The molecular weight excluding hydrogens is 440 g/mol. The molecule has 1 aliphatic rings. The van der Waals surface area contributed by atoms with Crippen LogP contribution in [0.4, 0.5) is 0 Å². The number of nitrogens with zero attached hydrogens (tertiary/aromatic N) is 2. The number of carbonyl (C=O) groups is 2. The average molecular weight is 479 g/mol. The highest BCUT2D eigenvalue weighted by Gasteiger charge is 2.46. The molecule has 0 bridgehead atoms. The van der Waals surface area contributed by atoms with E-state index in [1.165, 1.54) is 0 Å². The third-order valence-electron chi connectivity index (χ3n) is 6.40. The molecule has 1 atom stereocenters. The zero-order valence-electron chi connectivity index (χ0n) is 22.0. The van der Waals surface area contributed by atoms with Crippen LogP contribution >= 0.6 is 0 Å². The minimum atomic E-state index is -0.648. The lowest BCUT2D eigenvalue weighted by atomic mass is 9.85. The van der Waals surface area contributed by atoms with Crippen molar-refractivity contribution >= 4 is 17.4 Å². The van der Waals surface area contributed by atoms with Crippen LogP contribution in [-0.4, -0.2) is 60.4 Å². The standard InChI is InChI=1S/C29H38N2O4/c1-8-35-22-14-15-23(19(2)18-22)26(32)24-25(20-10-12-21(13-11-20)29(3,4)5)31(28(34)27(24)33)17-9-16-30(6)7/h10-15,18,25,32H,8-9,16-17H2,1-7H3/t25-/m0/s1. The predicted octanol–water partition coefficient (Wildman–Crippen LogP) is 5.06. The molecule has 6 nitrogen and oxygen atoms in total. The molecule has 0 spiro atoms. The number of aryl methyl sites for hydroxylation is 1. The van der Waals surface area contributed by atoms with Gasteiger partial charge in [0.2, 0.25) is 0 Å². The summed E-state index contributed by atoms with van der Waals surface area (Å²) in [7, 11) is 3.96. The topological polar surface area (TPSA) is 70.1 Å². The molecule has 1 saturated heterocycles. The van der Waals surface area contributed by atoms with Gasteiger partial charge in [0.1, 0.15) is 11.5 Å². The van der Waals surface area contributed by atoms with Crippen LogP contribution in [0.5, 0.6) is 5.75 Å². The molecule has 1 fully saturated rings. The van der Waals surface area contributed by atoms with Crippen LogP contribution in [0.25, 0.3) is 5.76 Å². The first-order chi connectivity index (χ1) is 16.5. The molecule has 1 amide bonds. The van der Waals surface area contributed by atoms with E-state index in [9.17, 15) is 14.7 Å². The van der Waals surface area contributed by atoms with Crippen molar-refractivity contribution in [3.05, 3.63) is 70.3 Å². The summed E-state index contributed by atoms with van der Waals surface area (Å²) in [5.74, 6) is -0.673. The SMILES string of the molecule is CCOc1ccc(C(O)=C2C(=O)C(=O)N(CCCN(C)C)[C@H]2c2ccc(C(C)(C)C)cc2)c(C)c1. The van der Waals surface area contributed by atoms with Gasteiger partial charge in [-0.1, -0.05) is 45.0 Å². The highest BCUT2D eigenvalue weighted by atomic mass is 16.5. The molecular formula is C29H38N2O4. The fraction of sp³-hybridized carbons (Fsp3) is 0.448. The molecule has 1 N–H and O–H groups in total. The molecule has 2 aromatic carbocycles. The van der Waals surface area contributed by atoms with E-state index in [0.29, 0.717) is 24.5 Å². The Labute approximate surface area is 209 Å². The molecule has 0 aromatic heterocycles. The van der Waals surface area contributed by atoms with Crippen LogP contribution in [0.3, 0.4) is 0 Å². The number of aliphatic hydroxyl groups is 1. The summed E-state index contributed by atoms with van der Waals surface area (Å²) >= 11 is 0. The van der Waals surface area contributed by atoms with Gasteiger partial charge in [0.15, 0.2) is 0 Å². The van der Waals surface area contributed by atoms with E-state index in [4.69, 9.17) is 4.74 Å². The highest BCUT2D eigenvalue weighted by molar-refractivity contribution is 6.46. The Kier molecular flexibility index (Phi) is 8.06. The van der Waals surface area contributed by atoms with Crippen LogP contribution in [0.15, 0.2) is 48.0 Å². The summed E-state index contributed by atoms with van der Waals surface area (Å²) in [6, 6.07) is 12.7. The number of likely N-dealkylation sites (tertiary alicyclic amines) is 1.